The summed E-state index contributed by atoms with van der Waals surface area (Å²) in [6.45, 7) is 0. The predicted molar refractivity (Wildman–Crippen MR) is 90.1 cm³/mol. The minimum atomic E-state index is -4.79. The molecule has 162 valence electrons. The van der Waals surface area contributed by atoms with Gasteiger partial charge in [0.1, 0.15) is 34.9 Å². The Bertz CT molecular complexity index is 1060. The van der Waals surface area contributed by atoms with E-state index in [4.69, 9.17) is 0 Å². The number of rotatable bonds is 4. The second-order valence-electron chi connectivity index (χ2n) is 6.20. The van der Waals surface area contributed by atoms with Gasteiger partial charge in [-0.2, -0.15) is 8.78 Å². The summed E-state index contributed by atoms with van der Waals surface area (Å²) < 4.78 is 142. The van der Waals surface area contributed by atoms with Gasteiger partial charge in [0, 0.05) is 24.3 Å². The molecule has 0 aromatic heterocycles. The third-order valence-electron chi connectivity index (χ3n) is 4.41. The van der Waals surface area contributed by atoms with Crippen LogP contribution < -0.4 is 18.0 Å². The van der Waals surface area contributed by atoms with Crippen LogP contribution >= 0.6 is 0 Å². The van der Waals surface area contributed by atoms with Crippen LogP contribution in [0.2, 0.25) is 0 Å². The van der Waals surface area contributed by atoms with Crippen LogP contribution in [0.15, 0.2) is 24.3 Å². The zero-order valence-corrected chi connectivity index (χ0v) is 16.2. The molecule has 3 rings (SSSR count). The minimum Gasteiger partial charge on any atom is -0.491 e. The van der Waals surface area contributed by atoms with Gasteiger partial charge >= 0.3 is 14.1 Å². The van der Waals surface area contributed by atoms with Crippen molar-refractivity contribution in [1.29, 1.82) is 0 Å². The Morgan fingerprint density at radius 3 is 1.13 bits per heavy atom. The van der Waals surface area contributed by atoms with Gasteiger partial charge in [-0.15, -0.1) is 0 Å². The molecule has 0 aliphatic rings. The van der Waals surface area contributed by atoms with Gasteiger partial charge in [0.2, 0.25) is 11.6 Å². The maximum absolute atomic E-state index is 14.7. The van der Waals surface area contributed by atoms with Gasteiger partial charge in [0.05, 0.1) is 7.11 Å². The number of benzene rings is 3. The van der Waals surface area contributed by atoms with Gasteiger partial charge in [0.15, 0.2) is 17.4 Å². The molecular formula is C19H7AlF10O. The fourth-order valence-corrected chi connectivity index (χ4v) is 6.22. The third kappa shape index (κ3) is 3.86. The molecule has 0 N–H and O–H groups in total. The average Bonchev–Trinajstić information content (AvgIpc) is 2.65. The summed E-state index contributed by atoms with van der Waals surface area (Å²) in [7, 11) is 0.660. The molecule has 3 aromatic carbocycles. The van der Waals surface area contributed by atoms with Gasteiger partial charge in [-0.1, -0.05) is 0 Å². The molecule has 0 saturated carbocycles. The number of hydrogen-bond donors (Lipinski definition) is 0. The van der Waals surface area contributed by atoms with Crippen LogP contribution in [-0.2, 0) is 0 Å². The van der Waals surface area contributed by atoms with E-state index in [0.717, 1.165) is 0 Å². The molecule has 12 heteroatoms. The number of hydrogen-bond acceptors (Lipinski definition) is 1. The van der Waals surface area contributed by atoms with E-state index in [0.29, 0.717) is 7.11 Å². The average molecular weight is 468 g/mol. The van der Waals surface area contributed by atoms with Crippen LogP contribution in [0.4, 0.5) is 43.9 Å². The highest BCUT2D eigenvalue weighted by Gasteiger charge is 2.43. The highest BCUT2D eigenvalue weighted by atomic mass is 27.2. The summed E-state index contributed by atoms with van der Waals surface area (Å²) >= 11 is -4.79. The maximum Gasteiger partial charge on any atom is 0.412 e. The van der Waals surface area contributed by atoms with Crippen LogP contribution in [0, 0.1) is 58.2 Å². The van der Waals surface area contributed by atoms with Gasteiger partial charge in [-0.25, -0.2) is 35.1 Å². The predicted octanol–water partition coefficient (Wildman–Crippen LogP) is 3.60. The van der Waals surface area contributed by atoms with Crippen molar-refractivity contribution < 1.29 is 48.6 Å². The molecule has 0 radical (unpaired) electrons. The molecule has 0 atom stereocenters. The lowest BCUT2D eigenvalue weighted by Gasteiger charge is -2.20. The fraction of sp³-hybridized carbons (Fsp3) is 0.0526. The number of ether oxygens (including phenoxy) is 1. The van der Waals surface area contributed by atoms with E-state index in [-0.39, 0.29) is 24.3 Å². The fourth-order valence-electron chi connectivity index (χ4n) is 3.15. The molecule has 0 aliphatic heterocycles. The van der Waals surface area contributed by atoms with Crippen molar-refractivity contribution in [3.63, 3.8) is 0 Å². The summed E-state index contributed by atoms with van der Waals surface area (Å²) in [5.74, 6) is -20.6. The second-order valence-corrected chi connectivity index (χ2v) is 8.80. The first-order valence-electron chi connectivity index (χ1n) is 8.18. The smallest absolute Gasteiger partial charge is 0.412 e. The second kappa shape index (κ2) is 8.44. The Hall–Kier alpha value is -2.71. The summed E-state index contributed by atoms with van der Waals surface area (Å²) in [5.41, 5.74) is 0. The van der Waals surface area contributed by atoms with Crippen LogP contribution in [-0.4, -0.2) is 21.3 Å². The van der Waals surface area contributed by atoms with Gasteiger partial charge in [-0.3, -0.25) is 0 Å². The summed E-state index contributed by atoms with van der Waals surface area (Å²) in [6, 6.07) is 0.182. The van der Waals surface area contributed by atoms with Crippen molar-refractivity contribution in [2.24, 2.45) is 0 Å². The lowest BCUT2D eigenvalue weighted by molar-refractivity contribution is 0.335. The summed E-state index contributed by atoms with van der Waals surface area (Å²) in [6.07, 6.45) is 0. The van der Waals surface area contributed by atoms with E-state index in [1.54, 1.807) is 0 Å². The van der Waals surface area contributed by atoms with Gasteiger partial charge in [0.25, 0.3) is 0 Å². The molecule has 0 spiro atoms. The Labute approximate surface area is 171 Å². The summed E-state index contributed by atoms with van der Waals surface area (Å²) in [5, 5.41) is 0. The normalized spacial score (nSPS) is 11.1. The maximum atomic E-state index is 14.7. The molecule has 3 aromatic rings. The van der Waals surface area contributed by atoms with E-state index in [2.05, 4.69) is 4.74 Å². The van der Waals surface area contributed by atoms with Crippen molar-refractivity contribution in [3.05, 3.63) is 82.4 Å². The molecule has 0 amide bonds. The standard InChI is InChI=1S/C7H3F4O.2C6H2F3.Al/c1-12-7-5(10)3(8)2-4(9)6(7)11;2*7-4-1-5(8)3-6(9)2-4;/h1H3;2*1-2H;. The number of halogens is 10. The molecule has 0 unspecified atom stereocenters. The topological polar surface area (TPSA) is 9.23 Å². The van der Waals surface area contributed by atoms with Crippen molar-refractivity contribution >= 4 is 27.4 Å². The molecule has 31 heavy (non-hydrogen) atoms. The minimum absolute atomic E-state index is 0.0454. The zero-order chi connectivity index (χ0) is 23.2. The molecule has 0 bridgehead atoms. The lowest BCUT2D eigenvalue weighted by atomic mass is 10.3. The molecule has 0 saturated heterocycles. The highest BCUT2D eigenvalue weighted by Crippen LogP contribution is 2.26. The molecule has 1 nitrogen and oxygen atoms in total. The zero-order valence-electron chi connectivity index (χ0n) is 15.1. The lowest BCUT2D eigenvalue weighted by Crippen LogP contribution is -2.59. The van der Waals surface area contributed by atoms with E-state index in [9.17, 15) is 43.9 Å². The molecule has 0 heterocycles. The third-order valence-corrected chi connectivity index (χ3v) is 7.76. The van der Waals surface area contributed by atoms with Crippen LogP contribution in [0.3, 0.4) is 0 Å². The molecule has 0 fully saturated rings. The van der Waals surface area contributed by atoms with E-state index in [1.165, 1.54) is 0 Å². The van der Waals surface area contributed by atoms with Gasteiger partial charge < -0.3 is 4.74 Å². The largest absolute Gasteiger partial charge is 0.491 e. The molecular weight excluding hydrogens is 461 g/mol. The Balaban J connectivity index is 2.52. The van der Waals surface area contributed by atoms with E-state index in [1.807, 2.05) is 0 Å². The Kier molecular flexibility index (Phi) is 6.25. The number of methoxy groups -OCH3 is 1. The summed E-state index contributed by atoms with van der Waals surface area (Å²) in [4.78, 5) is 0. The quantitative estimate of drug-likeness (QED) is 0.323. The van der Waals surface area contributed by atoms with E-state index < -0.39 is 91.3 Å². The van der Waals surface area contributed by atoms with Crippen molar-refractivity contribution in [1.82, 2.24) is 0 Å². The SMILES string of the molecule is COc1c(F)c(F)[c]([Al]([c]2c(F)cc(F)cc2F)[c]2c(F)cc(F)cc2F)c(F)c1F. The van der Waals surface area contributed by atoms with Gasteiger partial charge in [-0.05, 0) is 13.3 Å². The van der Waals surface area contributed by atoms with Crippen molar-refractivity contribution in [2.45, 2.75) is 0 Å². The Morgan fingerprint density at radius 2 is 0.839 bits per heavy atom. The van der Waals surface area contributed by atoms with E-state index >= 15 is 0 Å². The first kappa shape index (κ1) is 23.0. The van der Waals surface area contributed by atoms with Crippen LogP contribution in [0.25, 0.3) is 0 Å². The van der Waals surface area contributed by atoms with Crippen LogP contribution in [0.5, 0.6) is 5.75 Å². The highest BCUT2D eigenvalue weighted by molar-refractivity contribution is 6.95. The molecule has 0 aliphatic carbocycles. The first-order valence-corrected chi connectivity index (χ1v) is 9.91. The first-order chi connectivity index (χ1) is 14.5. The Morgan fingerprint density at radius 1 is 0.516 bits per heavy atom. The van der Waals surface area contributed by atoms with Crippen molar-refractivity contribution in [2.75, 3.05) is 7.11 Å². The van der Waals surface area contributed by atoms with Crippen LogP contribution in [0.1, 0.15) is 0 Å². The monoisotopic (exact) mass is 468 g/mol. The van der Waals surface area contributed by atoms with Crippen molar-refractivity contribution in [3.8, 4) is 5.75 Å².